The third-order valence-electron chi connectivity index (χ3n) is 2.27. The molecule has 0 heterocycles. The molecule has 3 nitrogen and oxygen atoms in total. The van der Waals surface area contributed by atoms with Crippen LogP contribution in [0.25, 0.3) is 0 Å². The normalized spacial score (nSPS) is 10.0. The summed E-state index contributed by atoms with van der Waals surface area (Å²) >= 11 is 5.79. The molecule has 2 rings (SSSR count). The highest BCUT2D eigenvalue weighted by Crippen LogP contribution is 2.17. The van der Waals surface area contributed by atoms with Gasteiger partial charge in [-0.05, 0) is 36.4 Å². The van der Waals surface area contributed by atoms with E-state index in [9.17, 15) is 9.18 Å². The molecule has 0 aromatic heterocycles. The van der Waals surface area contributed by atoms with Crippen molar-refractivity contribution in [3.63, 3.8) is 0 Å². The molecule has 19 heavy (non-hydrogen) atoms. The number of benzene rings is 2. The summed E-state index contributed by atoms with van der Waals surface area (Å²) in [4.78, 5) is 11.6. The van der Waals surface area contributed by atoms with Crippen molar-refractivity contribution in [1.82, 2.24) is 0 Å². The van der Waals surface area contributed by atoms with Crippen LogP contribution in [-0.4, -0.2) is 12.5 Å². The fraction of sp³-hybridized carbons (Fsp3) is 0.0714. The number of carbonyl (C=O) groups excluding carboxylic acids is 1. The lowest BCUT2D eigenvalue weighted by molar-refractivity contribution is -0.118. The largest absolute Gasteiger partial charge is 0.484 e. The predicted octanol–water partition coefficient (Wildman–Crippen LogP) is 3.50. The van der Waals surface area contributed by atoms with Crippen LogP contribution in [0, 0.1) is 5.82 Å². The number of rotatable bonds is 4. The first-order chi connectivity index (χ1) is 9.13. The molecule has 2 aromatic carbocycles. The first-order valence-electron chi connectivity index (χ1n) is 5.57. The number of hydrogen-bond acceptors (Lipinski definition) is 2. The van der Waals surface area contributed by atoms with Gasteiger partial charge in [-0.1, -0.05) is 23.7 Å². The van der Waals surface area contributed by atoms with Gasteiger partial charge < -0.3 is 10.1 Å². The summed E-state index contributed by atoms with van der Waals surface area (Å²) in [6.45, 7) is -0.170. The van der Waals surface area contributed by atoms with Gasteiger partial charge in [0.15, 0.2) is 6.61 Å². The van der Waals surface area contributed by atoms with Crippen molar-refractivity contribution < 1.29 is 13.9 Å². The van der Waals surface area contributed by atoms with Crippen LogP contribution >= 0.6 is 11.6 Å². The Kier molecular flexibility index (Phi) is 4.36. The Bertz CT molecular complexity index is 589. The second-order valence-corrected chi connectivity index (χ2v) is 4.24. The molecule has 0 saturated heterocycles. The van der Waals surface area contributed by atoms with Crippen LogP contribution in [0.15, 0.2) is 48.5 Å². The minimum absolute atomic E-state index is 0.170. The molecule has 98 valence electrons. The van der Waals surface area contributed by atoms with Crippen LogP contribution in [0.1, 0.15) is 0 Å². The molecule has 0 fully saturated rings. The summed E-state index contributed by atoms with van der Waals surface area (Å²) in [5.41, 5.74) is 0.389. The van der Waals surface area contributed by atoms with Gasteiger partial charge in [-0.15, -0.1) is 0 Å². The van der Waals surface area contributed by atoms with E-state index in [0.29, 0.717) is 16.5 Å². The van der Waals surface area contributed by atoms with E-state index in [4.69, 9.17) is 16.3 Å². The highest BCUT2D eigenvalue weighted by Gasteiger charge is 2.04. The highest BCUT2D eigenvalue weighted by molar-refractivity contribution is 6.30. The number of carbonyl (C=O) groups is 1. The molecule has 0 radical (unpaired) electrons. The van der Waals surface area contributed by atoms with Crippen molar-refractivity contribution in [3.05, 3.63) is 59.4 Å². The Morgan fingerprint density at radius 1 is 1.21 bits per heavy atom. The molecule has 5 heteroatoms. The number of hydrogen-bond donors (Lipinski definition) is 1. The Morgan fingerprint density at radius 2 is 2.00 bits per heavy atom. The van der Waals surface area contributed by atoms with Crippen molar-refractivity contribution in [2.24, 2.45) is 0 Å². The van der Waals surface area contributed by atoms with Crippen LogP contribution < -0.4 is 10.1 Å². The van der Waals surface area contributed by atoms with Gasteiger partial charge >= 0.3 is 0 Å². The van der Waals surface area contributed by atoms with Crippen LogP contribution in [0.2, 0.25) is 5.02 Å². The van der Waals surface area contributed by atoms with Crippen molar-refractivity contribution in [3.8, 4) is 5.75 Å². The van der Waals surface area contributed by atoms with Crippen LogP contribution in [0.4, 0.5) is 10.1 Å². The predicted molar refractivity (Wildman–Crippen MR) is 72.0 cm³/mol. The van der Waals surface area contributed by atoms with Gasteiger partial charge in [0, 0.05) is 10.7 Å². The number of amides is 1. The standard InChI is InChI=1S/C14H11ClFNO2/c15-10-3-1-6-13(7-10)19-9-14(18)17-12-5-2-4-11(16)8-12/h1-8H,9H2,(H,17,18). The van der Waals surface area contributed by atoms with Gasteiger partial charge in [0.2, 0.25) is 0 Å². The zero-order valence-corrected chi connectivity index (χ0v) is 10.7. The van der Waals surface area contributed by atoms with E-state index in [2.05, 4.69) is 5.32 Å². The smallest absolute Gasteiger partial charge is 0.262 e. The van der Waals surface area contributed by atoms with Crippen LogP contribution in [0.3, 0.4) is 0 Å². The van der Waals surface area contributed by atoms with Gasteiger partial charge in [-0.3, -0.25) is 4.79 Å². The Balaban J connectivity index is 1.88. The Morgan fingerprint density at radius 3 is 2.74 bits per heavy atom. The zero-order chi connectivity index (χ0) is 13.7. The summed E-state index contributed by atoms with van der Waals surface area (Å²) < 4.78 is 18.2. The van der Waals surface area contributed by atoms with Crippen molar-refractivity contribution in [2.45, 2.75) is 0 Å². The van der Waals surface area contributed by atoms with Gasteiger partial charge in [0.05, 0.1) is 0 Å². The maximum atomic E-state index is 12.9. The number of nitrogens with one attached hydrogen (secondary N) is 1. The quantitative estimate of drug-likeness (QED) is 0.930. The third kappa shape index (κ3) is 4.26. The summed E-state index contributed by atoms with van der Waals surface area (Å²) in [5.74, 6) is -0.277. The number of halogens is 2. The first kappa shape index (κ1) is 13.4. The lowest BCUT2D eigenvalue weighted by Crippen LogP contribution is -2.20. The lowest BCUT2D eigenvalue weighted by atomic mass is 10.3. The first-order valence-corrected chi connectivity index (χ1v) is 5.95. The Labute approximate surface area is 115 Å². The van der Waals surface area contributed by atoms with Gasteiger partial charge in [-0.25, -0.2) is 4.39 Å². The molecule has 1 N–H and O–H groups in total. The molecule has 1 amide bonds. The van der Waals surface area contributed by atoms with Crippen molar-refractivity contribution in [2.75, 3.05) is 11.9 Å². The molecule has 2 aromatic rings. The second-order valence-electron chi connectivity index (χ2n) is 3.80. The molecular formula is C14H11ClFNO2. The minimum atomic E-state index is -0.409. The highest BCUT2D eigenvalue weighted by atomic mass is 35.5. The number of ether oxygens (including phenoxy) is 1. The zero-order valence-electron chi connectivity index (χ0n) is 9.90. The summed E-state index contributed by atoms with van der Waals surface area (Å²) in [7, 11) is 0. The number of anilines is 1. The summed E-state index contributed by atoms with van der Waals surface area (Å²) in [6, 6.07) is 12.4. The molecular weight excluding hydrogens is 269 g/mol. The summed E-state index contributed by atoms with van der Waals surface area (Å²) in [6.07, 6.45) is 0. The SMILES string of the molecule is O=C(COc1cccc(Cl)c1)Nc1cccc(F)c1. The van der Waals surface area contributed by atoms with Gasteiger partial charge in [-0.2, -0.15) is 0 Å². The molecule has 0 aliphatic heterocycles. The van der Waals surface area contributed by atoms with Crippen LogP contribution in [0.5, 0.6) is 5.75 Å². The average molecular weight is 280 g/mol. The van der Waals surface area contributed by atoms with E-state index >= 15 is 0 Å². The molecule has 0 unspecified atom stereocenters. The van der Waals surface area contributed by atoms with Gasteiger partial charge in [0.25, 0.3) is 5.91 Å². The molecule has 0 aliphatic carbocycles. The van der Waals surface area contributed by atoms with E-state index in [-0.39, 0.29) is 12.5 Å². The van der Waals surface area contributed by atoms with E-state index in [1.807, 2.05) is 0 Å². The fourth-order valence-electron chi connectivity index (χ4n) is 1.47. The molecule has 0 spiro atoms. The van der Waals surface area contributed by atoms with E-state index in [1.165, 1.54) is 18.2 Å². The van der Waals surface area contributed by atoms with E-state index in [0.717, 1.165) is 0 Å². The third-order valence-corrected chi connectivity index (χ3v) is 2.51. The minimum Gasteiger partial charge on any atom is -0.484 e. The molecule has 0 bridgehead atoms. The molecule has 0 aliphatic rings. The molecule has 0 atom stereocenters. The monoisotopic (exact) mass is 279 g/mol. The van der Waals surface area contributed by atoms with Crippen LogP contribution in [-0.2, 0) is 4.79 Å². The maximum absolute atomic E-state index is 12.9. The second kappa shape index (κ2) is 6.20. The Hall–Kier alpha value is -2.07. The van der Waals surface area contributed by atoms with Crippen molar-refractivity contribution in [1.29, 1.82) is 0 Å². The van der Waals surface area contributed by atoms with E-state index < -0.39 is 5.82 Å². The van der Waals surface area contributed by atoms with Gasteiger partial charge in [0.1, 0.15) is 11.6 Å². The van der Waals surface area contributed by atoms with E-state index in [1.54, 1.807) is 30.3 Å². The lowest BCUT2D eigenvalue weighted by Gasteiger charge is -2.07. The molecule has 0 saturated carbocycles. The topological polar surface area (TPSA) is 38.3 Å². The summed E-state index contributed by atoms with van der Waals surface area (Å²) in [5, 5.41) is 3.06. The maximum Gasteiger partial charge on any atom is 0.262 e. The average Bonchev–Trinajstić information content (AvgIpc) is 2.36. The van der Waals surface area contributed by atoms with Crippen molar-refractivity contribution >= 4 is 23.2 Å². The fourth-order valence-corrected chi connectivity index (χ4v) is 1.65.